The lowest BCUT2D eigenvalue weighted by Crippen LogP contribution is -2.31. The van der Waals surface area contributed by atoms with E-state index in [0.29, 0.717) is 27.4 Å². The van der Waals surface area contributed by atoms with Gasteiger partial charge in [-0.25, -0.2) is 0 Å². The molecule has 7 heteroatoms. The maximum absolute atomic E-state index is 13.6. The fourth-order valence-electron chi connectivity index (χ4n) is 4.48. The van der Waals surface area contributed by atoms with Crippen molar-refractivity contribution < 1.29 is 23.5 Å². The average molecular weight is 470 g/mol. The molecule has 0 spiro atoms. The van der Waals surface area contributed by atoms with Crippen LogP contribution in [-0.4, -0.2) is 16.8 Å². The third kappa shape index (κ3) is 3.03. The van der Waals surface area contributed by atoms with Crippen LogP contribution in [0.1, 0.15) is 22.4 Å². The molecule has 34 heavy (non-hydrogen) atoms. The molecule has 1 unspecified atom stereocenters. The number of aliphatic hydroxyl groups is 1. The number of aliphatic hydroxyl groups excluding tert-OH is 1. The molecule has 5 aromatic rings. The van der Waals surface area contributed by atoms with Crippen LogP contribution in [0.15, 0.2) is 105 Å². The molecule has 2 aromatic heterocycles. The summed E-state index contributed by atoms with van der Waals surface area (Å²) in [5.74, 6) is -1.61. The Bertz CT molecular complexity index is 1620. The molecule has 3 aromatic carbocycles. The predicted octanol–water partition coefficient (Wildman–Crippen LogP) is 6.62. The molecule has 0 saturated heterocycles. The Morgan fingerprint density at radius 1 is 0.941 bits per heavy atom. The molecule has 0 bridgehead atoms. The monoisotopic (exact) mass is 469 g/mol. The number of carbonyl (C=O) groups is 2. The Kier molecular flexibility index (Phi) is 4.57. The standard InChI is InChI=1S/C27H16ClNO5/c28-17-10-11-20-16(13-17)14-22(34-20)25(30)23-24(21-9-4-12-33-21)29(27(32)26(23)31)19-8-3-6-15-5-1-2-7-18(15)19/h1-14,24,31H. The van der Waals surface area contributed by atoms with Gasteiger partial charge in [-0.3, -0.25) is 14.5 Å². The molecule has 1 amide bonds. The van der Waals surface area contributed by atoms with Gasteiger partial charge in [0.2, 0.25) is 5.78 Å². The summed E-state index contributed by atoms with van der Waals surface area (Å²) < 4.78 is 11.4. The second-order valence-electron chi connectivity index (χ2n) is 7.98. The second kappa shape index (κ2) is 7.64. The normalized spacial score (nSPS) is 16.2. The summed E-state index contributed by atoms with van der Waals surface area (Å²) in [4.78, 5) is 28.4. The van der Waals surface area contributed by atoms with Crippen molar-refractivity contribution in [1.29, 1.82) is 0 Å². The van der Waals surface area contributed by atoms with Crippen molar-refractivity contribution in [2.24, 2.45) is 0 Å². The molecule has 1 N–H and O–H groups in total. The van der Waals surface area contributed by atoms with Crippen LogP contribution < -0.4 is 4.90 Å². The van der Waals surface area contributed by atoms with Crippen molar-refractivity contribution in [3.63, 3.8) is 0 Å². The van der Waals surface area contributed by atoms with E-state index in [1.54, 1.807) is 42.5 Å². The minimum Gasteiger partial charge on any atom is -0.503 e. The highest BCUT2D eigenvalue weighted by Crippen LogP contribution is 2.44. The molecule has 1 aliphatic heterocycles. The van der Waals surface area contributed by atoms with Gasteiger partial charge in [0.05, 0.1) is 17.5 Å². The van der Waals surface area contributed by atoms with Gasteiger partial charge in [-0.15, -0.1) is 0 Å². The van der Waals surface area contributed by atoms with Crippen LogP contribution in [0.3, 0.4) is 0 Å². The van der Waals surface area contributed by atoms with E-state index >= 15 is 0 Å². The van der Waals surface area contributed by atoms with Gasteiger partial charge in [0, 0.05) is 15.8 Å². The smallest absolute Gasteiger partial charge is 0.294 e. The lowest BCUT2D eigenvalue weighted by molar-refractivity contribution is -0.117. The first-order chi connectivity index (χ1) is 16.5. The third-order valence-electron chi connectivity index (χ3n) is 5.99. The first-order valence-electron chi connectivity index (χ1n) is 10.5. The number of ketones is 1. The number of furan rings is 2. The first kappa shape index (κ1) is 20.3. The number of hydrogen-bond acceptors (Lipinski definition) is 5. The Morgan fingerprint density at radius 2 is 1.76 bits per heavy atom. The van der Waals surface area contributed by atoms with Gasteiger partial charge in [0.25, 0.3) is 5.91 Å². The minimum atomic E-state index is -0.974. The van der Waals surface area contributed by atoms with E-state index in [-0.39, 0.29) is 11.3 Å². The van der Waals surface area contributed by atoms with Gasteiger partial charge in [0.15, 0.2) is 11.5 Å². The molecule has 0 aliphatic carbocycles. The Balaban J connectivity index is 1.52. The molecule has 0 saturated carbocycles. The summed E-state index contributed by atoms with van der Waals surface area (Å²) in [6.07, 6.45) is 1.46. The van der Waals surface area contributed by atoms with Crippen molar-refractivity contribution in [2.45, 2.75) is 6.04 Å². The SMILES string of the molecule is O=C(C1=C(O)C(=O)N(c2cccc3ccccc23)C1c1ccco1)c1cc2cc(Cl)ccc2o1. The van der Waals surface area contributed by atoms with Crippen molar-refractivity contribution in [1.82, 2.24) is 0 Å². The van der Waals surface area contributed by atoms with Gasteiger partial charge < -0.3 is 13.9 Å². The van der Waals surface area contributed by atoms with E-state index < -0.39 is 23.5 Å². The zero-order chi connectivity index (χ0) is 23.4. The molecule has 6 nitrogen and oxygen atoms in total. The lowest BCUT2D eigenvalue weighted by Gasteiger charge is -2.26. The van der Waals surface area contributed by atoms with Gasteiger partial charge in [0.1, 0.15) is 17.4 Å². The first-order valence-corrected chi connectivity index (χ1v) is 10.9. The molecule has 1 atom stereocenters. The summed E-state index contributed by atoms with van der Waals surface area (Å²) in [5.41, 5.74) is 0.908. The number of amides is 1. The zero-order valence-corrected chi connectivity index (χ0v) is 18.3. The lowest BCUT2D eigenvalue weighted by atomic mass is 9.98. The average Bonchev–Trinajstić information content (AvgIpc) is 3.57. The fourth-order valence-corrected chi connectivity index (χ4v) is 4.66. The van der Waals surface area contributed by atoms with Crippen LogP contribution in [0.2, 0.25) is 5.02 Å². The van der Waals surface area contributed by atoms with E-state index in [2.05, 4.69) is 0 Å². The summed E-state index contributed by atoms with van der Waals surface area (Å²) >= 11 is 6.06. The van der Waals surface area contributed by atoms with Crippen molar-refractivity contribution >= 4 is 50.7 Å². The number of halogens is 1. The molecule has 6 rings (SSSR count). The van der Waals surface area contributed by atoms with Gasteiger partial charge in [-0.1, -0.05) is 48.0 Å². The van der Waals surface area contributed by atoms with Gasteiger partial charge >= 0.3 is 0 Å². The quantitative estimate of drug-likeness (QED) is 0.299. The van der Waals surface area contributed by atoms with E-state index in [0.717, 1.165) is 10.8 Å². The number of anilines is 1. The maximum Gasteiger partial charge on any atom is 0.294 e. The Morgan fingerprint density at radius 3 is 2.59 bits per heavy atom. The molecule has 0 radical (unpaired) electrons. The van der Waals surface area contributed by atoms with Crippen molar-refractivity contribution in [3.05, 3.63) is 113 Å². The minimum absolute atomic E-state index is 0.0112. The van der Waals surface area contributed by atoms with Crippen LogP contribution in [0, 0.1) is 0 Å². The highest BCUT2D eigenvalue weighted by molar-refractivity contribution is 6.31. The van der Waals surface area contributed by atoms with Gasteiger partial charge in [-0.05, 0) is 47.9 Å². The van der Waals surface area contributed by atoms with E-state index in [1.165, 1.54) is 11.2 Å². The fraction of sp³-hybridized carbons (Fsp3) is 0.0370. The number of fused-ring (bicyclic) bond motifs is 2. The molecule has 3 heterocycles. The van der Waals surface area contributed by atoms with Crippen LogP contribution >= 0.6 is 11.6 Å². The molecular formula is C27H16ClNO5. The number of hydrogen-bond donors (Lipinski definition) is 1. The Labute approximate surface area is 198 Å². The van der Waals surface area contributed by atoms with Crippen LogP contribution in [-0.2, 0) is 4.79 Å². The molecule has 1 aliphatic rings. The van der Waals surface area contributed by atoms with E-state index in [4.69, 9.17) is 20.4 Å². The summed E-state index contributed by atoms with van der Waals surface area (Å²) in [6.45, 7) is 0. The number of Topliss-reactive ketones (excluding diaryl/α,β-unsaturated/α-hetero) is 1. The van der Waals surface area contributed by atoms with Crippen LogP contribution in [0.25, 0.3) is 21.7 Å². The van der Waals surface area contributed by atoms with E-state index in [1.807, 2.05) is 36.4 Å². The number of carbonyl (C=O) groups excluding carboxylic acids is 2. The number of nitrogens with zero attached hydrogens (tertiary/aromatic N) is 1. The van der Waals surface area contributed by atoms with Crippen LogP contribution in [0.4, 0.5) is 5.69 Å². The molecule has 0 fully saturated rings. The topological polar surface area (TPSA) is 83.9 Å². The summed E-state index contributed by atoms with van der Waals surface area (Å²) in [6, 6.07) is 22.0. The molecular weight excluding hydrogens is 454 g/mol. The summed E-state index contributed by atoms with van der Waals surface area (Å²) in [7, 11) is 0. The van der Waals surface area contributed by atoms with E-state index in [9.17, 15) is 14.7 Å². The van der Waals surface area contributed by atoms with Crippen molar-refractivity contribution in [3.8, 4) is 0 Å². The largest absolute Gasteiger partial charge is 0.503 e. The summed E-state index contributed by atoms with van der Waals surface area (Å²) in [5, 5.41) is 13.8. The Hall–Kier alpha value is -4.29. The van der Waals surface area contributed by atoms with Crippen LogP contribution in [0.5, 0.6) is 0 Å². The maximum atomic E-state index is 13.6. The number of rotatable bonds is 4. The van der Waals surface area contributed by atoms with Crippen molar-refractivity contribution in [2.75, 3.05) is 4.90 Å². The second-order valence-corrected chi connectivity index (χ2v) is 8.41. The van der Waals surface area contributed by atoms with Gasteiger partial charge in [-0.2, -0.15) is 0 Å². The highest BCUT2D eigenvalue weighted by Gasteiger charge is 2.47. The number of benzene rings is 3. The third-order valence-corrected chi connectivity index (χ3v) is 6.23. The zero-order valence-electron chi connectivity index (χ0n) is 17.6. The molecule has 166 valence electrons. The highest BCUT2D eigenvalue weighted by atomic mass is 35.5. The predicted molar refractivity (Wildman–Crippen MR) is 128 cm³/mol.